The van der Waals surface area contributed by atoms with Gasteiger partial charge in [0.2, 0.25) is 0 Å². The van der Waals surface area contributed by atoms with Crippen LogP contribution in [0.15, 0.2) is 72.9 Å². The third-order valence-corrected chi connectivity index (χ3v) is 3.76. The smallest absolute Gasteiger partial charge is 0.270 e. The molecule has 2 aromatic carbocycles. The molecule has 0 saturated heterocycles. The van der Waals surface area contributed by atoms with Crippen LogP contribution in [0.1, 0.15) is 23.0 Å². The van der Waals surface area contributed by atoms with E-state index in [9.17, 15) is 4.79 Å². The predicted octanol–water partition coefficient (Wildman–Crippen LogP) is 4.15. The monoisotopic (exact) mass is 347 g/mol. The van der Waals surface area contributed by atoms with Crippen LogP contribution in [0.4, 0.5) is 11.4 Å². The molecule has 0 atom stereocenters. The third kappa shape index (κ3) is 4.60. The summed E-state index contributed by atoms with van der Waals surface area (Å²) in [6.45, 7) is 3.02. The summed E-state index contributed by atoms with van der Waals surface area (Å²) in [5, 5.41) is 6.13. The number of pyridine rings is 1. The molecular weight excluding hydrogens is 326 g/mol. The average molecular weight is 347 g/mol. The van der Waals surface area contributed by atoms with Gasteiger partial charge in [-0.3, -0.25) is 4.79 Å². The van der Waals surface area contributed by atoms with Crippen LogP contribution in [-0.4, -0.2) is 17.5 Å². The maximum atomic E-state index is 12.2. The number of rotatable bonds is 7. The number of amides is 1. The van der Waals surface area contributed by atoms with Crippen molar-refractivity contribution in [3.63, 3.8) is 0 Å². The molecule has 1 aromatic heterocycles. The minimum Gasteiger partial charge on any atom is -0.492 e. The zero-order valence-corrected chi connectivity index (χ0v) is 14.6. The van der Waals surface area contributed by atoms with Crippen LogP contribution in [0.3, 0.4) is 0 Å². The summed E-state index contributed by atoms with van der Waals surface area (Å²) in [5.41, 5.74) is 3.07. The van der Waals surface area contributed by atoms with Gasteiger partial charge >= 0.3 is 0 Å². The number of para-hydroxylation sites is 2. The van der Waals surface area contributed by atoms with E-state index in [1.807, 2.05) is 67.6 Å². The number of carbonyl (C=O) groups is 1. The van der Waals surface area contributed by atoms with E-state index in [1.54, 1.807) is 12.3 Å². The summed E-state index contributed by atoms with van der Waals surface area (Å²) in [4.78, 5) is 16.5. The Morgan fingerprint density at radius 1 is 1.00 bits per heavy atom. The molecule has 0 radical (unpaired) electrons. The number of nitrogens with zero attached hydrogens (tertiary/aromatic N) is 1. The van der Waals surface area contributed by atoms with Crippen molar-refractivity contribution in [2.24, 2.45) is 0 Å². The fourth-order valence-electron chi connectivity index (χ4n) is 2.48. The summed E-state index contributed by atoms with van der Waals surface area (Å²) in [6.07, 6.45) is 1.64. The normalized spacial score (nSPS) is 10.2. The van der Waals surface area contributed by atoms with Gasteiger partial charge in [-0.05, 0) is 36.8 Å². The lowest BCUT2D eigenvalue weighted by Crippen LogP contribution is -2.23. The standard InChI is InChI=1S/C21H21N3O2/c1-2-26-20-11-7-6-10-18(20)24-17-12-13-19(22-15-17)21(25)23-14-16-8-4-3-5-9-16/h3-13,15,24H,2,14H2,1H3,(H,23,25). The largest absolute Gasteiger partial charge is 0.492 e. The van der Waals surface area contributed by atoms with E-state index in [-0.39, 0.29) is 5.91 Å². The van der Waals surface area contributed by atoms with Gasteiger partial charge in [0, 0.05) is 6.54 Å². The van der Waals surface area contributed by atoms with Crippen LogP contribution >= 0.6 is 0 Å². The molecule has 0 aliphatic carbocycles. The van der Waals surface area contributed by atoms with Gasteiger partial charge < -0.3 is 15.4 Å². The van der Waals surface area contributed by atoms with Crippen LogP contribution in [0.25, 0.3) is 0 Å². The molecule has 0 unspecified atom stereocenters. The molecule has 0 fully saturated rings. The molecule has 3 aromatic rings. The highest BCUT2D eigenvalue weighted by Crippen LogP contribution is 2.27. The average Bonchev–Trinajstić information content (AvgIpc) is 2.69. The molecule has 5 nitrogen and oxygen atoms in total. The molecule has 3 rings (SSSR count). The second-order valence-corrected chi connectivity index (χ2v) is 5.65. The second kappa shape index (κ2) is 8.67. The van der Waals surface area contributed by atoms with Crippen molar-refractivity contribution in [2.75, 3.05) is 11.9 Å². The summed E-state index contributed by atoms with van der Waals surface area (Å²) >= 11 is 0. The Kier molecular flexibility index (Phi) is 5.83. The van der Waals surface area contributed by atoms with Gasteiger partial charge in [-0.2, -0.15) is 0 Å². The molecule has 0 spiro atoms. The lowest BCUT2D eigenvalue weighted by atomic mass is 10.2. The van der Waals surface area contributed by atoms with Crippen molar-refractivity contribution in [3.8, 4) is 5.75 Å². The quantitative estimate of drug-likeness (QED) is 0.674. The molecule has 0 aliphatic heterocycles. The minimum absolute atomic E-state index is 0.199. The van der Waals surface area contributed by atoms with Crippen molar-refractivity contribution in [2.45, 2.75) is 13.5 Å². The first-order valence-corrected chi connectivity index (χ1v) is 8.53. The highest BCUT2D eigenvalue weighted by Gasteiger charge is 2.08. The molecular formula is C21H21N3O2. The molecule has 0 bridgehead atoms. The number of carbonyl (C=O) groups excluding carboxylic acids is 1. The Hall–Kier alpha value is -3.34. The number of aromatic nitrogens is 1. The summed E-state index contributed by atoms with van der Waals surface area (Å²) in [6, 6.07) is 21.0. The van der Waals surface area contributed by atoms with Gasteiger partial charge in [0.25, 0.3) is 5.91 Å². The van der Waals surface area contributed by atoms with Gasteiger partial charge in [0.05, 0.1) is 24.2 Å². The maximum Gasteiger partial charge on any atom is 0.270 e. The number of hydrogen-bond donors (Lipinski definition) is 2. The second-order valence-electron chi connectivity index (χ2n) is 5.65. The lowest BCUT2D eigenvalue weighted by molar-refractivity contribution is 0.0946. The number of nitrogens with one attached hydrogen (secondary N) is 2. The van der Waals surface area contributed by atoms with Crippen LogP contribution < -0.4 is 15.4 Å². The van der Waals surface area contributed by atoms with Crippen LogP contribution in [0.5, 0.6) is 5.75 Å². The molecule has 26 heavy (non-hydrogen) atoms. The Balaban J connectivity index is 1.62. The van der Waals surface area contributed by atoms with Crippen molar-refractivity contribution < 1.29 is 9.53 Å². The van der Waals surface area contributed by atoms with E-state index < -0.39 is 0 Å². The molecule has 5 heteroatoms. The number of ether oxygens (including phenoxy) is 1. The van der Waals surface area contributed by atoms with Crippen molar-refractivity contribution in [3.05, 3.63) is 84.2 Å². The van der Waals surface area contributed by atoms with Gasteiger partial charge in [-0.25, -0.2) is 4.98 Å². The molecule has 132 valence electrons. The Morgan fingerprint density at radius 2 is 1.77 bits per heavy atom. The first-order valence-electron chi connectivity index (χ1n) is 8.53. The minimum atomic E-state index is -0.199. The molecule has 1 amide bonds. The van der Waals surface area contributed by atoms with E-state index >= 15 is 0 Å². The summed E-state index contributed by atoms with van der Waals surface area (Å²) in [7, 11) is 0. The van der Waals surface area contributed by atoms with Crippen molar-refractivity contribution >= 4 is 17.3 Å². The van der Waals surface area contributed by atoms with Crippen LogP contribution in [0.2, 0.25) is 0 Å². The first-order chi connectivity index (χ1) is 12.8. The molecule has 2 N–H and O–H groups in total. The first kappa shape index (κ1) is 17.5. The Labute approximate surface area is 153 Å². The summed E-state index contributed by atoms with van der Waals surface area (Å²) in [5.74, 6) is 0.579. The highest BCUT2D eigenvalue weighted by atomic mass is 16.5. The van der Waals surface area contributed by atoms with Crippen molar-refractivity contribution in [1.29, 1.82) is 0 Å². The maximum absolute atomic E-state index is 12.2. The Bertz CT molecular complexity index is 849. The van der Waals surface area contributed by atoms with E-state index in [0.717, 1.165) is 22.7 Å². The van der Waals surface area contributed by atoms with Crippen molar-refractivity contribution in [1.82, 2.24) is 10.3 Å². The molecule has 1 heterocycles. The topological polar surface area (TPSA) is 63.2 Å². The van der Waals surface area contributed by atoms with Gasteiger partial charge in [0.15, 0.2) is 0 Å². The summed E-state index contributed by atoms with van der Waals surface area (Å²) < 4.78 is 5.60. The van der Waals surface area contributed by atoms with E-state index in [0.29, 0.717) is 18.8 Å². The van der Waals surface area contributed by atoms with Gasteiger partial charge in [0.1, 0.15) is 11.4 Å². The van der Waals surface area contributed by atoms with Gasteiger partial charge in [-0.1, -0.05) is 42.5 Å². The highest BCUT2D eigenvalue weighted by molar-refractivity contribution is 5.92. The van der Waals surface area contributed by atoms with E-state index in [1.165, 1.54) is 0 Å². The van der Waals surface area contributed by atoms with E-state index in [2.05, 4.69) is 15.6 Å². The van der Waals surface area contributed by atoms with E-state index in [4.69, 9.17) is 4.74 Å². The molecule has 0 aliphatic rings. The SMILES string of the molecule is CCOc1ccccc1Nc1ccc(C(=O)NCc2ccccc2)nc1. The predicted molar refractivity (Wildman–Crippen MR) is 103 cm³/mol. The number of benzene rings is 2. The molecule has 0 saturated carbocycles. The number of anilines is 2. The Morgan fingerprint density at radius 3 is 2.50 bits per heavy atom. The lowest BCUT2D eigenvalue weighted by Gasteiger charge is -2.12. The van der Waals surface area contributed by atoms with Gasteiger partial charge in [-0.15, -0.1) is 0 Å². The fourth-order valence-corrected chi connectivity index (χ4v) is 2.48. The fraction of sp³-hybridized carbons (Fsp3) is 0.143. The van der Waals surface area contributed by atoms with Crippen LogP contribution in [0, 0.1) is 0 Å². The zero-order valence-electron chi connectivity index (χ0n) is 14.6. The van der Waals surface area contributed by atoms with Crippen LogP contribution in [-0.2, 0) is 6.54 Å². The number of hydrogen-bond acceptors (Lipinski definition) is 4. The third-order valence-electron chi connectivity index (χ3n) is 3.76. The zero-order chi connectivity index (χ0) is 18.2.